The molecule has 0 aliphatic heterocycles. The summed E-state index contributed by atoms with van der Waals surface area (Å²) >= 11 is 0. The monoisotopic (exact) mass is 409 g/mol. The molecule has 1 unspecified atom stereocenters. The molecule has 0 aromatic heterocycles. The zero-order valence-electron chi connectivity index (χ0n) is 15.0. The van der Waals surface area contributed by atoms with Gasteiger partial charge in [-0.1, -0.05) is 23.8 Å². The second kappa shape index (κ2) is 8.73. The molecule has 1 fully saturated rings. The molecule has 8 heteroatoms. The molecule has 0 spiro atoms. The number of nitrogens with two attached hydrogens (primary N) is 1. The number of nitrogens with one attached hydrogen (secondary N) is 2. The second-order valence-corrected chi connectivity index (χ2v) is 8.39. The lowest BCUT2D eigenvalue weighted by Crippen LogP contribution is -2.38. The highest BCUT2D eigenvalue weighted by atomic mass is 35.5. The maximum atomic E-state index is 12.6. The van der Waals surface area contributed by atoms with E-state index in [1.165, 1.54) is 12.1 Å². The van der Waals surface area contributed by atoms with E-state index < -0.39 is 10.0 Å². The second-order valence-electron chi connectivity index (χ2n) is 6.71. The summed E-state index contributed by atoms with van der Waals surface area (Å²) in [4.78, 5) is 12.3. The number of aryl methyl sites for hydroxylation is 1. The Balaban J connectivity index is 0.00000261. The third-order valence-corrected chi connectivity index (χ3v) is 5.82. The minimum atomic E-state index is -3.77. The molecule has 1 atom stereocenters. The number of halogens is 1. The van der Waals surface area contributed by atoms with Gasteiger partial charge in [-0.15, -0.1) is 12.4 Å². The molecule has 0 heterocycles. The van der Waals surface area contributed by atoms with Crippen LogP contribution < -0.4 is 15.8 Å². The van der Waals surface area contributed by atoms with Crippen LogP contribution >= 0.6 is 12.4 Å². The van der Waals surface area contributed by atoms with Gasteiger partial charge in [0.2, 0.25) is 0 Å². The van der Waals surface area contributed by atoms with Gasteiger partial charge in [-0.3, -0.25) is 9.52 Å². The van der Waals surface area contributed by atoms with Crippen LogP contribution in [0.5, 0.6) is 0 Å². The standard InChI is InChI=1S/C19H23N3O3S.ClH/c1-13-5-9-16(10-6-13)22-26(24,25)17-4-2-3-15(11-17)19(23)21-12-18(20)14-7-8-14;/h2-6,9-11,14,18,22H,7-8,12,20H2,1H3,(H,21,23);1H. The number of hydrogen-bond acceptors (Lipinski definition) is 4. The normalized spacial score (nSPS) is 14.7. The number of hydrogen-bond donors (Lipinski definition) is 3. The number of carbonyl (C=O) groups excluding carboxylic acids is 1. The lowest BCUT2D eigenvalue weighted by Gasteiger charge is -2.12. The predicted molar refractivity (Wildman–Crippen MR) is 109 cm³/mol. The first-order valence-corrected chi connectivity index (χ1v) is 10.1. The van der Waals surface area contributed by atoms with Gasteiger partial charge in [-0.25, -0.2) is 8.42 Å². The molecule has 1 amide bonds. The summed E-state index contributed by atoms with van der Waals surface area (Å²) in [6.07, 6.45) is 2.21. The number of anilines is 1. The maximum absolute atomic E-state index is 12.6. The molecule has 27 heavy (non-hydrogen) atoms. The Bertz CT molecular complexity index is 897. The van der Waals surface area contributed by atoms with Crippen molar-refractivity contribution in [2.24, 2.45) is 11.7 Å². The van der Waals surface area contributed by atoms with E-state index in [-0.39, 0.29) is 29.3 Å². The topological polar surface area (TPSA) is 101 Å². The predicted octanol–water partition coefficient (Wildman–Crippen LogP) is 2.68. The van der Waals surface area contributed by atoms with Crippen molar-refractivity contribution in [2.45, 2.75) is 30.7 Å². The fourth-order valence-electron chi connectivity index (χ4n) is 2.64. The highest BCUT2D eigenvalue weighted by molar-refractivity contribution is 7.92. The van der Waals surface area contributed by atoms with E-state index in [1.54, 1.807) is 24.3 Å². The van der Waals surface area contributed by atoms with E-state index in [0.29, 0.717) is 23.7 Å². The Morgan fingerprint density at radius 2 is 1.85 bits per heavy atom. The zero-order valence-corrected chi connectivity index (χ0v) is 16.6. The van der Waals surface area contributed by atoms with Gasteiger partial charge in [0.15, 0.2) is 0 Å². The van der Waals surface area contributed by atoms with Gasteiger partial charge in [0.05, 0.1) is 4.90 Å². The van der Waals surface area contributed by atoms with Gasteiger partial charge >= 0.3 is 0 Å². The Labute approximate surface area is 166 Å². The van der Waals surface area contributed by atoms with Crippen LogP contribution in [0.3, 0.4) is 0 Å². The van der Waals surface area contributed by atoms with Crippen molar-refractivity contribution in [3.63, 3.8) is 0 Å². The number of benzene rings is 2. The third-order valence-electron chi connectivity index (χ3n) is 4.44. The first kappa shape index (κ1) is 21.2. The lowest BCUT2D eigenvalue weighted by atomic mass is 10.2. The van der Waals surface area contributed by atoms with Gasteiger partial charge in [0.25, 0.3) is 15.9 Å². The minimum Gasteiger partial charge on any atom is -0.350 e. The van der Waals surface area contributed by atoms with Crippen molar-refractivity contribution in [3.8, 4) is 0 Å². The highest BCUT2D eigenvalue weighted by Crippen LogP contribution is 2.31. The Morgan fingerprint density at radius 3 is 2.48 bits per heavy atom. The molecular weight excluding hydrogens is 386 g/mol. The lowest BCUT2D eigenvalue weighted by molar-refractivity contribution is 0.0950. The van der Waals surface area contributed by atoms with E-state index in [9.17, 15) is 13.2 Å². The van der Waals surface area contributed by atoms with E-state index in [0.717, 1.165) is 18.4 Å². The van der Waals surface area contributed by atoms with E-state index >= 15 is 0 Å². The summed E-state index contributed by atoms with van der Waals surface area (Å²) in [5.41, 5.74) is 7.78. The SMILES string of the molecule is Cc1ccc(NS(=O)(=O)c2cccc(C(=O)NCC(N)C3CC3)c2)cc1.Cl. The van der Waals surface area contributed by atoms with Crippen LogP contribution in [0.2, 0.25) is 0 Å². The summed E-state index contributed by atoms with van der Waals surface area (Å²) in [5.74, 6) is 0.161. The van der Waals surface area contributed by atoms with E-state index in [1.807, 2.05) is 19.1 Å². The summed E-state index contributed by atoms with van der Waals surface area (Å²) in [7, 11) is -3.77. The van der Waals surface area contributed by atoms with Gasteiger partial charge in [0, 0.05) is 23.8 Å². The third kappa shape index (κ3) is 5.69. The molecule has 1 aliphatic rings. The van der Waals surface area contributed by atoms with E-state index in [4.69, 9.17) is 5.73 Å². The molecule has 2 aromatic rings. The molecule has 1 saturated carbocycles. The summed E-state index contributed by atoms with van der Waals surface area (Å²) < 4.78 is 27.6. The minimum absolute atomic E-state index is 0. The highest BCUT2D eigenvalue weighted by Gasteiger charge is 2.28. The zero-order chi connectivity index (χ0) is 18.7. The summed E-state index contributed by atoms with van der Waals surface area (Å²) in [6.45, 7) is 2.32. The summed E-state index contributed by atoms with van der Waals surface area (Å²) in [5, 5.41) is 2.78. The number of sulfonamides is 1. The molecule has 146 valence electrons. The average molecular weight is 410 g/mol. The van der Waals surface area contributed by atoms with Crippen LogP contribution in [0.4, 0.5) is 5.69 Å². The molecule has 2 aromatic carbocycles. The van der Waals surface area contributed by atoms with Crippen molar-refractivity contribution >= 4 is 34.0 Å². The van der Waals surface area contributed by atoms with Gasteiger partial charge in [-0.05, 0) is 56.0 Å². The fraction of sp³-hybridized carbons (Fsp3) is 0.316. The fourth-order valence-corrected chi connectivity index (χ4v) is 3.75. The van der Waals surface area contributed by atoms with Crippen molar-refractivity contribution in [2.75, 3.05) is 11.3 Å². The molecule has 1 aliphatic carbocycles. The molecule has 6 nitrogen and oxygen atoms in total. The van der Waals surface area contributed by atoms with E-state index in [2.05, 4.69) is 10.0 Å². The van der Waals surface area contributed by atoms with Crippen LogP contribution in [0.1, 0.15) is 28.8 Å². The van der Waals surface area contributed by atoms with Crippen molar-refractivity contribution in [1.82, 2.24) is 5.32 Å². The van der Waals surface area contributed by atoms with Crippen molar-refractivity contribution in [3.05, 3.63) is 59.7 Å². The summed E-state index contributed by atoms with van der Waals surface area (Å²) in [6, 6.07) is 13.0. The smallest absolute Gasteiger partial charge is 0.261 e. The molecule has 4 N–H and O–H groups in total. The molecule has 3 rings (SSSR count). The van der Waals surface area contributed by atoms with Crippen LogP contribution in [0, 0.1) is 12.8 Å². The van der Waals surface area contributed by atoms with Crippen LogP contribution in [0.25, 0.3) is 0 Å². The first-order valence-electron chi connectivity index (χ1n) is 8.58. The maximum Gasteiger partial charge on any atom is 0.261 e. The molecular formula is C19H24ClN3O3S. The molecule has 0 bridgehead atoms. The van der Waals surface area contributed by atoms with Crippen LogP contribution in [0.15, 0.2) is 53.4 Å². The van der Waals surface area contributed by atoms with Gasteiger partial charge in [-0.2, -0.15) is 0 Å². The number of amides is 1. The largest absolute Gasteiger partial charge is 0.350 e. The Morgan fingerprint density at radius 1 is 1.19 bits per heavy atom. The van der Waals surface area contributed by atoms with Crippen LogP contribution in [-0.2, 0) is 10.0 Å². The van der Waals surface area contributed by atoms with Gasteiger partial charge < -0.3 is 11.1 Å². The first-order chi connectivity index (χ1) is 12.3. The Kier molecular flexibility index (Phi) is 6.86. The number of rotatable bonds is 7. The molecule has 0 radical (unpaired) electrons. The van der Waals surface area contributed by atoms with Crippen LogP contribution in [-0.4, -0.2) is 26.9 Å². The van der Waals surface area contributed by atoms with Crippen molar-refractivity contribution < 1.29 is 13.2 Å². The number of carbonyl (C=O) groups is 1. The van der Waals surface area contributed by atoms with Gasteiger partial charge in [0.1, 0.15) is 0 Å². The average Bonchev–Trinajstić information content (AvgIpc) is 3.46. The van der Waals surface area contributed by atoms with Crippen molar-refractivity contribution in [1.29, 1.82) is 0 Å². The quantitative estimate of drug-likeness (QED) is 0.654. The molecule has 0 saturated heterocycles. The Hall–Kier alpha value is -2.09.